The Kier molecular flexibility index (Phi) is 3.00. The highest BCUT2D eigenvalue weighted by Crippen LogP contribution is 2.27. The van der Waals surface area contributed by atoms with Crippen LogP contribution >= 0.6 is 11.3 Å². The van der Waals surface area contributed by atoms with Crippen LogP contribution in [0.3, 0.4) is 0 Å². The quantitative estimate of drug-likeness (QED) is 0.630. The van der Waals surface area contributed by atoms with E-state index >= 15 is 0 Å². The summed E-state index contributed by atoms with van der Waals surface area (Å²) >= 11 is 1.52. The summed E-state index contributed by atoms with van der Waals surface area (Å²) < 4.78 is 1.76. The van der Waals surface area contributed by atoms with Gasteiger partial charge in [0.2, 0.25) is 10.8 Å². The van der Waals surface area contributed by atoms with Crippen LogP contribution in [0.2, 0.25) is 0 Å². The Bertz CT molecular complexity index is 918. The van der Waals surface area contributed by atoms with Crippen LogP contribution in [0.1, 0.15) is 25.5 Å². The monoisotopic (exact) mass is 310 g/mol. The van der Waals surface area contributed by atoms with Crippen LogP contribution in [0, 0.1) is 0 Å². The van der Waals surface area contributed by atoms with Crippen molar-refractivity contribution in [1.82, 2.24) is 30.0 Å². The molecule has 1 aromatic carbocycles. The molecule has 0 atom stereocenters. The Morgan fingerprint density at radius 1 is 1.14 bits per heavy atom. The fourth-order valence-electron chi connectivity index (χ4n) is 2.22. The van der Waals surface area contributed by atoms with Gasteiger partial charge in [0.15, 0.2) is 0 Å². The third kappa shape index (κ3) is 2.10. The number of hydrogen-bond donors (Lipinski definition) is 1. The van der Waals surface area contributed by atoms with E-state index in [0.717, 1.165) is 26.9 Å². The number of rotatable bonds is 3. The first-order chi connectivity index (χ1) is 10.7. The molecule has 0 amide bonds. The molecule has 0 aliphatic carbocycles. The molecule has 3 aromatic heterocycles. The van der Waals surface area contributed by atoms with Gasteiger partial charge in [-0.2, -0.15) is 14.7 Å². The molecule has 0 spiro atoms. The third-order valence-corrected chi connectivity index (χ3v) is 4.41. The van der Waals surface area contributed by atoms with Gasteiger partial charge in [-0.25, -0.2) is 0 Å². The summed E-state index contributed by atoms with van der Waals surface area (Å²) in [5.41, 5.74) is 2.92. The summed E-state index contributed by atoms with van der Waals surface area (Å²) in [6, 6.07) is 12.1. The molecule has 3 heterocycles. The first-order valence-electron chi connectivity index (χ1n) is 7.05. The molecule has 0 bridgehead atoms. The second-order valence-electron chi connectivity index (χ2n) is 5.35. The first-order valence-corrected chi connectivity index (χ1v) is 7.87. The van der Waals surface area contributed by atoms with Gasteiger partial charge in [-0.3, -0.25) is 5.10 Å². The molecule has 0 saturated heterocycles. The Morgan fingerprint density at radius 2 is 1.95 bits per heavy atom. The van der Waals surface area contributed by atoms with Gasteiger partial charge in [-0.15, -0.1) is 10.2 Å². The maximum absolute atomic E-state index is 4.63. The molecule has 0 aliphatic heterocycles. The topological polar surface area (TPSA) is 71.8 Å². The van der Waals surface area contributed by atoms with Crippen molar-refractivity contribution in [2.45, 2.75) is 19.8 Å². The average Bonchev–Trinajstić information content (AvgIpc) is 3.22. The van der Waals surface area contributed by atoms with Crippen molar-refractivity contribution >= 4 is 16.3 Å². The second-order valence-corrected chi connectivity index (χ2v) is 6.31. The molecular weight excluding hydrogens is 296 g/mol. The number of fused-ring (bicyclic) bond motifs is 1. The summed E-state index contributed by atoms with van der Waals surface area (Å²) in [4.78, 5) is 0.767. The molecule has 110 valence electrons. The van der Waals surface area contributed by atoms with Crippen molar-refractivity contribution in [3.05, 3.63) is 42.1 Å². The molecule has 22 heavy (non-hydrogen) atoms. The largest absolute Gasteiger partial charge is 0.282 e. The maximum Gasteiger partial charge on any atom is 0.235 e. The van der Waals surface area contributed by atoms with Gasteiger partial charge in [0.1, 0.15) is 10.7 Å². The number of hydrogen-bond acceptors (Lipinski definition) is 5. The third-order valence-electron chi connectivity index (χ3n) is 3.46. The first kappa shape index (κ1) is 13.1. The number of aromatic nitrogens is 6. The second kappa shape index (κ2) is 5.03. The lowest BCUT2D eigenvalue weighted by molar-refractivity contribution is 0.810. The molecule has 0 unspecified atom stereocenters. The van der Waals surface area contributed by atoms with Gasteiger partial charge in [-0.1, -0.05) is 55.5 Å². The van der Waals surface area contributed by atoms with E-state index in [2.05, 4.69) is 39.3 Å². The smallest absolute Gasteiger partial charge is 0.235 e. The molecule has 6 nitrogen and oxygen atoms in total. The minimum Gasteiger partial charge on any atom is -0.282 e. The van der Waals surface area contributed by atoms with E-state index in [0.29, 0.717) is 11.7 Å². The van der Waals surface area contributed by atoms with Crippen LogP contribution in [0.4, 0.5) is 0 Å². The van der Waals surface area contributed by atoms with Gasteiger partial charge >= 0.3 is 0 Å². The van der Waals surface area contributed by atoms with E-state index in [1.54, 1.807) is 4.52 Å². The Morgan fingerprint density at radius 3 is 2.68 bits per heavy atom. The Balaban J connectivity index is 1.80. The van der Waals surface area contributed by atoms with E-state index in [1.165, 1.54) is 11.3 Å². The molecule has 4 aromatic rings. The number of aromatic amines is 1. The lowest BCUT2D eigenvalue weighted by atomic mass is 10.1. The predicted molar refractivity (Wildman–Crippen MR) is 85.8 cm³/mol. The van der Waals surface area contributed by atoms with Crippen LogP contribution in [-0.2, 0) is 0 Å². The van der Waals surface area contributed by atoms with Gasteiger partial charge in [0, 0.05) is 11.3 Å². The summed E-state index contributed by atoms with van der Waals surface area (Å²) in [6.07, 6.45) is 0. The van der Waals surface area contributed by atoms with E-state index in [-0.39, 0.29) is 0 Å². The van der Waals surface area contributed by atoms with Crippen LogP contribution in [-0.4, -0.2) is 30.0 Å². The lowest BCUT2D eigenvalue weighted by Gasteiger charge is -1.96. The van der Waals surface area contributed by atoms with Crippen molar-refractivity contribution < 1.29 is 0 Å². The highest BCUT2D eigenvalue weighted by molar-refractivity contribution is 7.19. The molecule has 7 heteroatoms. The molecule has 0 aliphatic rings. The van der Waals surface area contributed by atoms with E-state index in [4.69, 9.17) is 0 Å². The van der Waals surface area contributed by atoms with E-state index < -0.39 is 0 Å². The van der Waals surface area contributed by atoms with Crippen LogP contribution in [0.15, 0.2) is 36.4 Å². The van der Waals surface area contributed by atoms with Crippen molar-refractivity contribution in [2.24, 2.45) is 0 Å². The standard InChI is InChI=1S/C15H14N6S/c1-9(2)11-8-12(17-16-11)13-18-19-15-21(13)20-14(22-15)10-6-4-3-5-7-10/h3-9H,1-2H3,(H,16,17). The molecule has 1 N–H and O–H groups in total. The zero-order valence-electron chi connectivity index (χ0n) is 12.2. The fraction of sp³-hybridized carbons (Fsp3) is 0.200. The number of H-pyrrole nitrogens is 1. The zero-order valence-corrected chi connectivity index (χ0v) is 13.0. The average molecular weight is 310 g/mol. The van der Waals surface area contributed by atoms with E-state index in [9.17, 15) is 0 Å². The molecule has 0 saturated carbocycles. The van der Waals surface area contributed by atoms with Gasteiger partial charge in [0.25, 0.3) is 0 Å². The van der Waals surface area contributed by atoms with Crippen LogP contribution in [0.25, 0.3) is 27.1 Å². The fourth-order valence-corrected chi connectivity index (χ4v) is 3.07. The SMILES string of the molecule is CC(C)c1cc(-c2nnc3sc(-c4ccccc4)nn23)n[nH]1. The van der Waals surface area contributed by atoms with Crippen molar-refractivity contribution in [1.29, 1.82) is 0 Å². The van der Waals surface area contributed by atoms with Crippen molar-refractivity contribution in [3.8, 4) is 22.1 Å². The van der Waals surface area contributed by atoms with Gasteiger partial charge in [-0.05, 0) is 12.0 Å². The van der Waals surface area contributed by atoms with E-state index in [1.807, 2.05) is 36.4 Å². The Labute approximate surface area is 130 Å². The number of nitrogens with zero attached hydrogens (tertiary/aromatic N) is 5. The molecule has 4 rings (SSSR count). The van der Waals surface area contributed by atoms with Crippen LogP contribution in [0.5, 0.6) is 0 Å². The summed E-state index contributed by atoms with van der Waals surface area (Å²) in [5.74, 6) is 1.05. The highest BCUT2D eigenvalue weighted by Gasteiger charge is 2.17. The highest BCUT2D eigenvalue weighted by atomic mass is 32.1. The van der Waals surface area contributed by atoms with Crippen molar-refractivity contribution in [3.63, 3.8) is 0 Å². The summed E-state index contributed by atoms with van der Waals surface area (Å²) in [7, 11) is 0. The molecular formula is C15H14N6S. The van der Waals surface area contributed by atoms with Crippen molar-refractivity contribution in [2.75, 3.05) is 0 Å². The number of benzene rings is 1. The predicted octanol–water partition coefficient (Wildman–Crippen LogP) is 3.37. The summed E-state index contributed by atoms with van der Waals surface area (Å²) in [5, 5.41) is 21.3. The van der Waals surface area contributed by atoms with Gasteiger partial charge < -0.3 is 0 Å². The summed E-state index contributed by atoms with van der Waals surface area (Å²) in [6.45, 7) is 4.24. The number of nitrogens with one attached hydrogen (secondary N) is 1. The lowest BCUT2D eigenvalue weighted by Crippen LogP contribution is -1.91. The normalized spacial score (nSPS) is 11.6. The minimum absolute atomic E-state index is 0.389. The Hall–Kier alpha value is -2.54. The van der Waals surface area contributed by atoms with Gasteiger partial charge in [0.05, 0.1) is 0 Å². The minimum atomic E-state index is 0.389. The molecule has 0 fully saturated rings. The molecule has 0 radical (unpaired) electrons. The van der Waals surface area contributed by atoms with Crippen LogP contribution < -0.4 is 0 Å². The zero-order chi connectivity index (χ0) is 15.1. The maximum atomic E-state index is 4.63.